The summed E-state index contributed by atoms with van der Waals surface area (Å²) < 4.78 is 19.1. The molecule has 0 atom stereocenters. The molecule has 3 heterocycles. The fourth-order valence-electron chi connectivity index (χ4n) is 4.73. The summed E-state index contributed by atoms with van der Waals surface area (Å²) >= 11 is 0. The number of nitrogens with one attached hydrogen (secondary N) is 1. The van der Waals surface area contributed by atoms with Gasteiger partial charge in [-0.3, -0.25) is 9.69 Å². The molecule has 7 heteroatoms. The van der Waals surface area contributed by atoms with E-state index in [1.165, 1.54) is 6.07 Å². The zero-order valence-corrected chi connectivity index (χ0v) is 16.5. The molecule has 150 valence electrons. The van der Waals surface area contributed by atoms with Gasteiger partial charge in [0.05, 0.1) is 24.7 Å². The predicted octanol–water partition coefficient (Wildman–Crippen LogP) is 2.84. The van der Waals surface area contributed by atoms with Gasteiger partial charge in [-0.1, -0.05) is 6.92 Å². The Morgan fingerprint density at radius 1 is 1.32 bits per heavy atom. The highest BCUT2D eigenvalue weighted by Crippen LogP contribution is 2.43. The zero-order valence-electron chi connectivity index (χ0n) is 16.5. The largest absolute Gasteiger partial charge is 0.496 e. The van der Waals surface area contributed by atoms with Crippen molar-refractivity contribution in [3.63, 3.8) is 0 Å². The molecule has 0 unspecified atom stereocenters. The van der Waals surface area contributed by atoms with Crippen LogP contribution < -0.4 is 4.74 Å². The minimum Gasteiger partial charge on any atom is -0.496 e. The lowest BCUT2D eigenvalue weighted by Gasteiger charge is -2.50. The van der Waals surface area contributed by atoms with Crippen LogP contribution in [0.2, 0.25) is 0 Å². The van der Waals surface area contributed by atoms with E-state index < -0.39 is 0 Å². The highest BCUT2D eigenvalue weighted by Gasteiger charge is 2.48. The molecule has 1 N–H and O–H groups in total. The van der Waals surface area contributed by atoms with Crippen molar-refractivity contribution >= 4 is 5.91 Å². The second kappa shape index (κ2) is 7.54. The summed E-state index contributed by atoms with van der Waals surface area (Å²) in [4.78, 5) is 24.9. The number of fused-ring (bicyclic) bond motifs is 2. The fraction of sp³-hybridized carbons (Fsp3) is 0.524. The number of halogens is 1. The van der Waals surface area contributed by atoms with Crippen molar-refractivity contribution < 1.29 is 13.9 Å². The number of nitrogens with zero attached hydrogens (tertiary/aromatic N) is 3. The third-order valence-electron chi connectivity index (χ3n) is 6.18. The van der Waals surface area contributed by atoms with Crippen LogP contribution in [0.1, 0.15) is 43.1 Å². The maximum atomic E-state index is 13.7. The SMILES string of the molecule is CCC(=O)N1CCc2[nH]cnc2C12CCN(Cc1cc(F)ccc1OC)CC2. The van der Waals surface area contributed by atoms with Crippen LogP contribution in [-0.2, 0) is 23.3 Å². The number of carbonyl (C=O) groups is 1. The number of amides is 1. The van der Waals surface area contributed by atoms with Crippen molar-refractivity contribution in [2.45, 2.75) is 44.7 Å². The van der Waals surface area contributed by atoms with Gasteiger partial charge in [-0.25, -0.2) is 9.37 Å². The van der Waals surface area contributed by atoms with Crippen LogP contribution in [-0.4, -0.2) is 52.4 Å². The Bertz CT molecular complexity index is 858. The molecule has 2 aliphatic rings. The lowest BCUT2D eigenvalue weighted by molar-refractivity contribution is -0.141. The molecule has 6 nitrogen and oxygen atoms in total. The molecular weight excluding hydrogens is 359 g/mol. The first kappa shape index (κ1) is 18.9. The molecule has 1 aromatic heterocycles. The second-order valence-corrected chi connectivity index (χ2v) is 7.64. The van der Waals surface area contributed by atoms with E-state index in [0.29, 0.717) is 18.7 Å². The van der Waals surface area contributed by atoms with Gasteiger partial charge in [-0.2, -0.15) is 0 Å². The molecule has 2 aliphatic heterocycles. The topological polar surface area (TPSA) is 61.5 Å². The van der Waals surface area contributed by atoms with Crippen LogP contribution >= 0.6 is 0 Å². The molecule has 1 fully saturated rings. The number of hydrogen-bond donors (Lipinski definition) is 1. The average molecular weight is 386 g/mol. The van der Waals surface area contributed by atoms with E-state index in [2.05, 4.69) is 19.8 Å². The summed E-state index contributed by atoms with van der Waals surface area (Å²) in [5.74, 6) is 0.642. The number of likely N-dealkylation sites (tertiary alicyclic amines) is 1. The van der Waals surface area contributed by atoms with Crippen LogP contribution in [0.5, 0.6) is 5.75 Å². The summed E-state index contributed by atoms with van der Waals surface area (Å²) in [6, 6.07) is 4.64. The number of ether oxygens (including phenoxy) is 1. The van der Waals surface area contributed by atoms with Crippen LogP contribution in [0.25, 0.3) is 0 Å². The summed E-state index contributed by atoms with van der Waals surface area (Å²) in [5.41, 5.74) is 2.71. The Hall–Kier alpha value is -2.41. The van der Waals surface area contributed by atoms with Crippen molar-refractivity contribution in [2.75, 3.05) is 26.7 Å². The quantitative estimate of drug-likeness (QED) is 0.878. The van der Waals surface area contributed by atoms with Crippen molar-refractivity contribution in [2.24, 2.45) is 0 Å². The summed E-state index contributed by atoms with van der Waals surface area (Å²) in [6.07, 6.45) is 4.73. The summed E-state index contributed by atoms with van der Waals surface area (Å²) in [7, 11) is 1.61. The predicted molar refractivity (Wildman–Crippen MR) is 103 cm³/mol. The molecule has 4 rings (SSSR count). The van der Waals surface area contributed by atoms with Gasteiger partial charge in [0.1, 0.15) is 11.6 Å². The highest BCUT2D eigenvalue weighted by molar-refractivity contribution is 5.77. The summed E-state index contributed by atoms with van der Waals surface area (Å²) in [6.45, 7) is 4.92. The van der Waals surface area contributed by atoms with E-state index >= 15 is 0 Å². The van der Waals surface area contributed by atoms with Crippen molar-refractivity contribution in [1.82, 2.24) is 19.8 Å². The van der Waals surface area contributed by atoms with E-state index in [-0.39, 0.29) is 17.3 Å². The number of H-pyrrole nitrogens is 1. The molecule has 28 heavy (non-hydrogen) atoms. The lowest BCUT2D eigenvalue weighted by Crippen LogP contribution is -2.58. The number of benzene rings is 1. The maximum Gasteiger partial charge on any atom is 0.223 e. The Balaban J connectivity index is 1.55. The van der Waals surface area contributed by atoms with Crippen LogP contribution in [0.3, 0.4) is 0 Å². The zero-order chi connectivity index (χ0) is 19.7. The van der Waals surface area contributed by atoms with Gasteiger partial charge in [-0.15, -0.1) is 0 Å². The Morgan fingerprint density at radius 2 is 2.11 bits per heavy atom. The first-order valence-corrected chi connectivity index (χ1v) is 9.95. The number of aromatic amines is 1. The van der Waals surface area contributed by atoms with Gasteiger partial charge in [-0.05, 0) is 31.0 Å². The van der Waals surface area contributed by atoms with E-state index in [1.807, 2.05) is 6.92 Å². The van der Waals surface area contributed by atoms with Gasteiger partial charge in [0, 0.05) is 50.3 Å². The Labute approximate surface area is 164 Å². The first-order valence-electron chi connectivity index (χ1n) is 9.95. The van der Waals surface area contributed by atoms with Crippen molar-refractivity contribution in [3.05, 3.63) is 47.3 Å². The minimum absolute atomic E-state index is 0.189. The minimum atomic E-state index is -0.330. The van der Waals surface area contributed by atoms with E-state index in [4.69, 9.17) is 4.74 Å². The Morgan fingerprint density at radius 3 is 2.82 bits per heavy atom. The monoisotopic (exact) mass is 386 g/mol. The lowest BCUT2D eigenvalue weighted by atomic mass is 9.78. The molecule has 0 saturated carbocycles. The molecule has 1 amide bonds. The third kappa shape index (κ3) is 3.17. The van der Waals surface area contributed by atoms with E-state index in [1.54, 1.807) is 25.6 Å². The maximum absolute atomic E-state index is 13.7. The smallest absolute Gasteiger partial charge is 0.223 e. The molecule has 1 spiro atoms. The van der Waals surface area contributed by atoms with Gasteiger partial charge >= 0.3 is 0 Å². The number of methoxy groups -OCH3 is 1. The molecule has 2 aromatic rings. The molecule has 0 bridgehead atoms. The van der Waals surface area contributed by atoms with E-state index in [9.17, 15) is 9.18 Å². The van der Waals surface area contributed by atoms with Crippen LogP contribution in [0.15, 0.2) is 24.5 Å². The summed E-state index contributed by atoms with van der Waals surface area (Å²) in [5, 5.41) is 0. The number of aromatic nitrogens is 2. The highest BCUT2D eigenvalue weighted by atomic mass is 19.1. The number of rotatable bonds is 4. The van der Waals surface area contributed by atoms with Gasteiger partial charge in [0.25, 0.3) is 0 Å². The van der Waals surface area contributed by atoms with Crippen LogP contribution in [0.4, 0.5) is 4.39 Å². The molecule has 0 aliphatic carbocycles. The fourth-order valence-corrected chi connectivity index (χ4v) is 4.73. The van der Waals surface area contributed by atoms with Crippen molar-refractivity contribution in [1.29, 1.82) is 0 Å². The van der Waals surface area contributed by atoms with E-state index in [0.717, 1.165) is 55.8 Å². The normalized spacial score (nSPS) is 18.9. The Kier molecular flexibility index (Phi) is 5.10. The van der Waals surface area contributed by atoms with Gasteiger partial charge in [0.2, 0.25) is 5.91 Å². The number of imidazole rings is 1. The molecule has 1 aromatic carbocycles. The molecular formula is C21H27FN4O2. The van der Waals surface area contributed by atoms with Crippen molar-refractivity contribution in [3.8, 4) is 5.75 Å². The van der Waals surface area contributed by atoms with Crippen LogP contribution in [0, 0.1) is 5.82 Å². The second-order valence-electron chi connectivity index (χ2n) is 7.64. The first-order chi connectivity index (χ1) is 13.6. The number of carbonyl (C=O) groups excluding carboxylic acids is 1. The van der Waals surface area contributed by atoms with Gasteiger partial charge < -0.3 is 14.6 Å². The number of piperidine rings is 1. The molecule has 0 radical (unpaired) electrons. The third-order valence-corrected chi connectivity index (χ3v) is 6.18. The standard InChI is InChI=1S/C21H27FN4O2/c1-3-19(27)26-9-6-17-20(24-14-23-17)21(26)7-10-25(11-8-21)13-15-12-16(22)4-5-18(15)28-2/h4-5,12,14H,3,6-11,13H2,1-2H3,(H,23,24). The number of hydrogen-bond acceptors (Lipinski definition) is 4. The van der Waals surface area contributed by atoms with Gasteiger partial charge in [0.15, 0.2) is 0 Å². The average Bonchev–Trinajstić information content (AvgIpc) is 3.20. The molecule has 1 saturated heterocycles.